The molecule has 3 aromatic heterocycles. The number of nitriles is 1. The molecule has 1 aliphatic carbocycles. The highest BCUT2D eigenvalue weighted by molar-refractivity contribution is 6.17. The number of nitrogens with zero attached hydrogens (tertiary/aromatic N) is 6. The average molecular weight is 459 g/mol. The second-order valence-corrected chi connectivity index (χ2v) is 9.00. The summed E-state index contributed by atoms with van der Waals surface area (Å²) in [6.45, 7) is 3.25. The van der Waals surface area contributed by atoms with Crippen LogP contribution < -0.4 is 20.7 Å². The fraction of sp³-hybridized carbons (Fsp3) is 0.348. The molecule has 1 atom stereocenters. The van der Waals surface area contributed by atoms with Crippen molar-refractivity contribution in [3.63, 3.8) is 0 Å². The maximum atomic E-state index is 14.9. The van der Waals surface area contributed by atoms with Gasteiger partial charge in [0.2, 0.25) is 0 Å². The molecule has 1 saturated heterocycles. The van der Waals surface area contributed by atoms with Crippen molar-refractivity contribution in [1.82, 2.24) is 24.9 Å². The molecule has 1 spiro atoms. The number of halogens is 1. The van der Waals surface area contributed by atoms with Crippen molar-refractivity contribution >= 4 is 33.4 Å². The predicted molar refractivity (Wildman–Crippen MR) is 124 cm³/mol. The van der Waals surface area contributed by atoms with Gasteiger partial charge in [-0.2, -0.15) is 15.2 Å². The van der Waals surface area contributed by atoms with E-state index in [9.17, 15) is 9.65 Å². The van der Waals surface area contributed by atoms with Crippen LogP contribution in [0.3, 0.4) is 0 Å². The molecule has 1 saturated carbocycles. The summed E-state index contributed by atoms with van der Waals surface area (Å²) < 4.78 is 20.7. The van der Waals surface area contributed by atoms with Gasteiger partial charge in [-0.15, -0.1) is 0 Å². The Labute approximate surface area is 194 Å². The normalized spacial score (nSPS) is 18.6. The van der Waals surface area contributed by atoms with Crippen LogP contribution in [0.4, 0.5) is 15.9 Å². The number of fused-ring (bicyclic) bond motifs is 3. The SMILES string of the molecule is CNc1cc(F)c(C#N)c2c1[nH]c1nc(Oc3cnc(C)nc3)nc(N3CC4(CCC4N)C3)c12. The third kappa shape index (κ3) is 2.88. The van der Waals surface area contributed by atoms with Gasteiger partial charge in [-0.25, -0.2) is 14.4 Å². The minimum atomic E-state index is -0.607. The summed E-state index contributed by atoms with van der Waals surface area (Å²) in [5.74, 6) is 0.985. The number of nitrogens with two attached hydrogens (primary N) is 1. The molecule has 10 nitrogen and oxygen atoms in total. The smallest absolute Gasteiger partial charge is 0.326 e. The Balaban J connectivity index is 1.56. The summed E-state index contributed by atoms with van der Waals surface area (Å²) in [5, 5.41) is 13.8. The van der Waals surface area contributed by atoms with Crippen molar-refractivity contribution in [3.8, 4) is 17.8 Å². The van der Waals surface area contributed by atoms with E-state index in [2.05, 4.69) is 30.2 Å². The van der Waals surface area contributed by atoms with Crippen LogP contribution in [0.1, 0.15) is 24.2 Å². The summed E-state index contributed by atoms with van der Waals surface area (Å²) >= 11 is 0. The Hall–Kier alpha value is -4.04. The summed E-state index contributed by atoms with van der Waals surface area (Å²) in [5.41, 5.74) is 7.85. The second-order valence-electron chi connectivity index (χ2n) is 9.00. The van der Waals surface area contributed by atoms with Crippen molar-refractivity contribution in [2.24, 2.45) is 11.1 Å². The molecule has 0 amide bonds. The van der Waals surface area contributed by atoms with Crippen molar-refractivity contribution < 1.29 is 9.13 Å². The van der Waals surface area contributed by atoms with Gasteiger partial charge in [0.15, 0.2) is 5.75 Å². The standard InChI is InChI=1S/C23H22FN9O/c1-11-28-7-12(8-29-11)34-22-31-20-18(21(32-22)33-9-23(10-33)4-3-16(23)26)17-13(6-25)14(24)5-15(27-2)19(17)30-20/h5,7-8,16,27H,3-4,9-10,26H2,1-2H3,(H,30,31,32). The van der Waals surface area contributed by atoms with Gasteiger partial charge in [-0.1, -0.05) is 0 Å². The lowest BCUT2D eigenvalue weighted by atomic mass is 9.60. The molecule has 11 heteroatoms. The summed E-state index contributed by atoms with van der Waals surface area (Å²) in [4.78, 5) is 22.9. The zero-order chi connectivity index (χ0) is 23.6. The average Bonchev–Trinajstić information content (AvgIpc) is 3.17. The number of H-pyrrole nitrogens is 1. The third-order valence-electron chi connectivity index (χ3n) is 7.04. The Morgan fingerprint density at radius 2 is 2.06 bits per heavy atom. The van der Waals surface area contributed by atoms with Gasteiger partial charge in [0.05, 0.1) is 34.5 Å². The molecule has 0 bridgehead atoms. The largest absolute Gasteiger partial charge is 0.421 e. The first-order valence-corrected chi connectivity index (χ1v) is 11.0. The second kappa shape index (κ2) is 7.23. The van der Waals surface area contributed by atoms with Gasteiger partial charge in [-0.05, 0) is 19.8 Å². The highest BCUT2D eigenvalue weighted by atomic mass is 19.1. The molecule has 0 radical (unpaired) electrons. The lowest BCUT2D eigenvalue weighted by molar-refractivity contribution is 0.0559. The molecular formula is C23H22FN9O. The molecule has 4 heterocycles. The fourth-order valence-corrected chi connectivity index (χ4v) is 4.99. The zero-order valence-electron chi connectivity index (χ0n) is 18.7. The van der Waals surface area contributed by atoms with Crippen molar-refractivity contribution in [2.75, 3.05) is 30.4 Å². The quantitative estimate of drug-likeness (QED) is 0.420. The lowest BCUT2D eigenvalue weighted by Gasteiger charge is -2.60. The van der Waals surface area contributed by atoms with E-state index >= 15 is 0 Å². The van der Waals surface area contributed by atoms with Crippen LogP contribution in [-0.2, 0) is 0 Å². The van der Waals surface area contributed by atoms with Gasteiger partial charge in [0, 0.05) is 43.0 Å². The van der Waals surface area contributed by atoms with Crippen molar-refractivity contribution in [3.05, 3.63) is 35.7 Å². The van der Waals surface area contributed by atoms with Crippen LogP contribution in [0, 0.1) is 29.5 Å². The number of rotatable bonds is 4. The molecular weight excluding hydrogens is 437 g/mol. The van der Waals surface area contributed by atoms with E-state index in [1.54, 1.807) is 26.4 Å². The van der Waals surface area contributed by atoms with Crippen LogP contribution in [-0.4, -0.2) is 51.1 Å². The maximum Gasteiger partial charge on any atom is 0.326 e. The van der Waals surface area contributed by atoms with Gasteiger partial charge in [0.1, 0.15) is 29.2 Å². The first-order chi connectivity index (χ1) is 16.4. The van der Waals surface area contributed by atoms with Crippen LogP contribution in [0.5, 0.6) is 11.8 Å². The number of ether oxygens (including phenoxy) is 1. The highest BCUT2D eigenvalue weighted by Gasteiger charge is 2.54. The highest BCUT2D eigenvalue weighted by Crippen LogP contribution is 2.50. The summed E-state index contributed by atoms with van der Waals surface area (Å²) in [7, 11) is 1.70. The lowest BCUT2D eigenvalue weighted by Crippen LogP contribution is -2.69. The molecule has 1 aliphatic heterocycles. The molecule has 1 unspecified atom stereocenters. The first kappa shape index (κ1) is 20.6. The molecule has 172 valence electrons. The number of benzene rings is 1. The van der Waals surface area contributed by atoms with Crippen LogP contribution in [0.2, 0.25) is 0 Å². The maximum absolute atomic E-state index is 14.9. The molecule has 6 rings (SSSR count). The number of hydrogen-bond acceptors (Lipinski definition) is 9. The van der Waals surface area contributed by atoms with Gasteiger partial charge < -0.3 is 25.7 Å². The van der Waals surface area contributed by atoms with E-state index in [-0.39, 0.29) is 23.0 Å². The predicted octanol–water partition coefficient (Wildman–Crippen LogP) is 2.98. The van der Waals surface area contributed by atoms with E-state index in [0.29, 0.717) is 45.0 Å². The first-order valence-electron chi connectivity index (χ1n) is 11.0. The minimum absolute atomic E-state index is 0.0544. The molecule has 4 N–H and O–H groups in total. The van der Waals surface area contributed by atoms with Crippen molar-refractivity contribution in [1.29, 1.82) is 5.26 Å². The van der Waals surface area contributed by atoms with Crippen LogP contribution in [0.25, 0.3) is 21.9 Å². The molecule has 1 aromatic carbocycles. The summed E-state index contributed by atoms with van der Waals surface area (Å²) in [6, 6.07) is 3.57. The van der Waals surface area contributed by atoms with Gasteiger partial charge in [0.25, 0.3) is 0 Å². The number of nitrogens with one attached hydrogen (secondary N) is 2. The third-order valence-corrected chi connectivity index (χ3v) is 7.04. The Morgan fingerprint density at radius 1 is 1.29 bits per heavy atom. The summed E-state index contributed by atoms with van der Waals surface area (Å²) in [6.07, 6.45) is 5.18. The molecule has 34 heavy (non-hydrogen) atoms. The molecule has 2 fully saturated rings. The van der Waals surface area contributed by atoms with E-state index in [1.807, 2.05) is 6.07 Å². The zero-order valence-corrected chi connectivity index (χ0v) is 18.7. The monoisotopic (exact) mass is 459 g/mol. The number of aromatic amines is 1. The molecule has 2 aliphatic rings. The Kier molecular flexibility index (Phi) is 4.37. The van der Waals surface area contributed by atoms with E-state index < -0.39 is 5.82 Å². The number of hydrogen-bond donors (Lipinski definition) is 3. The van der Waals surface area contributed by atoms with E-state index in [4.69, 9.17) is 15.5 Å². The topological polar surface area (TPSA) is 142 Å². The number of aryl methyl sites for hydroxylation is 1. The minimum Gasteiger partial charge on any atom is -0.421 e. The van der Waals surface area contributed by atoms with E-state index in [0.717, 1.165) is 25.9 Å². The molecule has 4 aromatic rings. The Bertz CT molecular complexity index is 1490. The van der Waals surface area contributed by atoms with Crippen LogP contribution >= 0.6 is 0 Å². The van der Waals surface area contributed by atoms with E-state index in [1.165, 1.54) is 6.07 Å². The fourth-order valence-electron chi connectivity index (χ4n) is 4.99. The Morgan fingerprint density at radius 3 is 2.68 bits per heavy atom. The number of aromatic nitrogens is 5. The van der Waals surface area contributed by atoms with Crippen molar-refractivity contribution in [2.45, 2.75) is 25.8 Å². The number of anilines is 2. The van der Waals surface area contributed by atoms with Gasteiger partial charge in [-0.3, -0.25) is 0 Å². The van der Waals surface area contributed by atoms with Crippen LogP contribution in [0.15, 0.2) is 18.5 Å². The van der Waals surface area contributed by atoms with Gasteiger partial charge >= 0.3 is 6.01 Å².